The highest BCUT2D eigenvalue weighted by Crippen LogP contribution is 2.34. The van der Waals surface area contributed by atoms with Crippen LogP contribution in [0.5, 0.6) is 0 Å². The van der Waals surface area contributed by atoms with Crippen molar-refractivity contribution in [2.75, 3.05) is 7.11 Å². The van der Waals surface area contributed by atoms with Crippen LogP contribution in [0.2, 0.25) is 0 Å². The summed E-state index contributed by atoms with van der Waals surface area (Å²) >= 11 is 0. The van der Waals surface area contributed by atoms with Crippen LogP contribution in [0, 0.1) is 0 Å². The van der Waals surface area contributed by atoms with Crippen LogP contribution < -0.4 is 0 Å². The second-order valence-electron chi connectivity index (χ2n) is 5.05. The summed E-state index contributed by atoms with van der Waals surface area (Å²) in [6.45, 7) is 0. The van der Waals surface area contributed by atoms with Crippen LogP contribution in [0.4, 0.5) is 0 Å². The summed E-state index contributed by atoms with van der Waals surface area (Å²) in [6, 6.07) is 11.5. The number of carbonyl (C=O) groups is 2. The molecule has 0 aromatic heterocycles. The first-order chi connectivity index (χ1) is 11.6. The molecule has 0 saturated heterocycles. The minimum absolute atomic E-state index is 0.196. The second-order valence-corrected chi connectivity index (χ2v) is 5.05. The summed E-state index contributed by atoms with van der Waals surface area (Å²) in [4.78, 5) is 22.7. The van der Waals surface area contributed by atoms with E-state index in [1.54, 1.807) is 30.3 Å². The average Bonchev–Trinajstić information content (AvgIpc) is 3.15. The standard InChI is InChI=1S/C18H14O6/c1-22-17(21)13-6-7-14(15(10-13)18-23-8-9-24-18)11-2-4-12(5-3-11)16(19)20/h2-10,18H,1H3,(H,19,20). The minimum Gasteiger partial charge on any atom is -0.478 e. The summed E-state index contributed by atoms with van der Waals surface area (Å²) in [7, 11) is 1.31. The van der Waals surface area contributed by atoms with Crippen molar-refractivity contribution in [2.45, 2.75) is 6.29 Å². The van der Waals surface area contributed by atoms with Gasteiger partial charge in [-0.15, -0.1) is 0 Å². The van der Waals surface area contributed by atoms with E-state index >= 15 is 0 Å². The largest absolute Gasteiger partial charge is 0.478 e. The van der Waals surface area contributed by atoms with Gasteiger partial charge in [-0.1, -0.05) is 18.2 Å². The third kappa shape index (κ3) is 2.94. The predicted molar refractivity (Wildman–Crippen MR) is 84.2 cm³/mol. The Kier molecular flexibility index (Phi) is 4.20. The molecule has 0 saturated carbocycles. The monoisotopic (exact) mass is 326 g/mol. The molecule has 2 aromatic rings. The van der Waals surface area contributed by atoms with Crippen LogP contribution in [0.3, 0.4) is 0 Å². The van der Waals surface area contributed by atoms with E-state index in [1.165, 1.54) is 31.8 Å². The molecule has 2 aromatic carbocycles. The van der Waals surface area contributed by atoms with E-state index in [9.17, 15) is 9.59 Å². The summed E-state index contributed by atoms with van der Waals surface area (Å²) in [6.07, 6.45) is 2.17. The molecule has 0 bridgehead atoms. The molecule has 0 spiro atoms. The van der Waals surface area contributed by atoms with E-state index in [4.69, 9.17) is 19.3 Å². The quantitative estimate of drug-likeness (QED) is 0.868. The summed E-state index contributed by atoms with van der Waals surface area (Å²) in [5.41, 5.74) is 2.77. The van der Waals surface area contributed by atoms with Crippen molar-refractivity contribution in [3.05, 3.63) is 71.7 Å². The van der Waals surface area contributed by atoms with Gasteiger partial charge in [-0.05, 0) is 35.4 Å². The van der Waals surface area contributed by atoms with Gasteiger partial charge >= 0.3 is 11.9 Å². The molecule has 1 aliphatic rings. The number of hydrogen-bond donors (Lipinski definition) is 1. The number of aromatic carboxylic acids is 1. The number of hydrogen-bond acceptors (Lipinski definition) is 5. The Morgan fingerprint density at radius 2 is 1.62 bits per heavy atom. The molecular weight excluding hydrogens is 312 g/mol. The molecule has 1 aliphatic heterocycles. The summed E-state index contributed by atoms with van der Waals surface area (Å²) in [5, 5.41) is 9.00. The van der Waals surface area contributed by atoms with Gasteiger partial charge in [0.15, 0.2) is 0 Å². The van der Waals surface area contributed by atoms with Crippen molar-refractivity contribution >= 4 is 11.9 Å². The van der Waals surface area contributed by atoms with E-state index < -0.39 is 18.2 Å². The third-order valence-corrected chi connectivity index (χ3v) is 3.63. The first-order valence-electron chi connectivity index (χ1n) is 7.12. The molecule has 1 heterocycles. The highest BCUT2D eigenvalue weighted by atomic mass is 16.7. The highest BCUT2D eigenvalue weighted by Gasteiger charge is 2.22. The van der Waals surface area contributed by atoms with E-state index in [2.05, 4.69) is 0 Å². The van der Waals surface area contributed by atoms with Crippen molar-refractivity contribution in [2.24, 2.45) is 0 Å². The number of methoxy groups -OCH3 is 1. The first-order valence-corrected chi connectivity index (χ1v) is 7.12. The molecule has 6 nitrogen and oxygen atoms in total. The zero-order chi connectivity index (χ0) is 17.1. The van der Waals surface area contributed by atoms with Crippen molar-refractivity contribution in [1.82, 2.24) is 0 Å². The molecule has 1 N–H and O–H groups in total. The number of rotatable bonds is 4. The number of ether oxygens (including phenoxy) is 3. The van der Waals surface area contributed by atoms with Crippen LogP contribution in [0.15, 0.2) is 55.0 Å². The molecule has 24 heavy (non-hydrogen) atoms. The molecular formula is C18H14O6. The molecule has 6 heteroatoms. The minimum atomic E-state index is -0.991. The Balaban J connectivity index is 2.05. The average molecular weight is 326 g/mol. The van der Waals surface area contributed by atoms with E-state index in [1.807, 2.05) is 0 Å². The lowest BCUT2D eigenvalue weighted by molar-refractivity contribution is -0.0241. The molecule has 0 radical (unpaired) electrons. The fourth-order valence-electron chi connectivity index (χ4n) is 2.44. The second kappa shape index (κ2) is 6.45. The van der Waals surface area contributed by atoms with Crippen LogP contribution >= 0.6 is 0 Å². The topological polar surface area (TPSA) is 82.1 Å². The van der Waals surface area contributed by atoms with Crippen molar-refractivity contribution in [3.8, 4) is 11.1 Å². The molecule has 0 amide bonds. The van der Waals surface area contributed by atoms with E-state index in [0.29, 0.717) is 11.1 Å². The lowest BCUT2D eigenvalue weighted by atomic mass is 9.96. The van der Waals surface area contributed by atoms with Crippen molar-refractivity contribution < 1.29 is 28.9 Å². The Morgan fingerprint density at radius 3 is 2.21 bits per heavy atom. The number of carboxylic acid groups (broad SMARTS) is 1. The maximum atomic E-state index is 11.8. The highest BCUT2D eigenvalue weighted by molar-refractivity contribution is 5.91. The van der Waals surface area contributed by atoms with Gasteiger partial charge in [-0.25, -0.2) is 9.59 Å². The molecule has 122 valence electrons. The SMILES string of the molecule is COC(=O)c1ccc(-c2ccc(C(=O)O)cc2)c(C2OC=CO2)c1. The molecule has 0 unspecified atom stereocenters. The van der Waals surface area contributed by atoms with Gasteiger partial charge in [0.1, 0.15) is 12.5 Å². The maximum absolute atomic E-state index is 11.8. The zero-order valence-corrected chi connectivity index (χ0v) is 12.8. The summed E-state index contributed by atoms with van der Waals surface area (Å²) in [5.74, 6) is -1.45. The molecule has 0 fully saturated rings. The molecule has 0 aliphatic carbocycles. The normalized spacial score (nSPS) is 13.2. The van der Waals surface area contributed by atoms with Crippen LogP contribution in [-0.4, -0.2) is 24.2 Å². The lowest BCUT2D eigenvalue weighted by Gasteiger charge is -2.16. The fourth-order valence-corrected chi connectivity index (χ4v) is 2.44. The van der Waals surface area contributed by atoms with Crippen molar-refractivity contribution in [3.63, 3.8) is 0 Å². The Bertz CT molecular complexity index is 799. The Morgan fingerprint density at radius 1 is 1.00 bits per heavy atom. The van der Waals surface area contributed by atoms with Gasteiger partial charge in [-0.3, -0.25) is 0 Å². The van der Waals surface area contributed by atoms with Gasteiger partial charge in [0.25, 0.3) is 6.29 Å². The van der Waals surface area contributed by atoms with Crippen LogP contribution in [-0.2, 0) is 14.2 Å². The zero-order valence-electron chi connectivity index (χ0n) is 12.8. The van der Waals surface area contributed by atoms with Gasteiger partial charge in [0, 0.05) is 5.56 Å². The Hall–Kier alpha value is -3.28. The first kappa shape index (κ1) is 15.6. The third-order valence-electron chi connectivity index (χ3n) is 3.63. The van der Waals surface area contributed by atoms with Gasteiger partial charge < -0.3 is 19.3 Å². The van der Waals surface area contributed by atoms with Gasteiger partial charge in [-0.2, -0.15) is 0 Å². The van der Waals surface area contributed by atoms with E-state index in [-0.39, 0.29) is 5.56 Å². The fraction of sp³-hybridized carbons (Fsp3) is 0.111. The predicted octanol–water partition coefficient (Wildman–Crippen LogP) is 3.36. The lowest BCUT2D eigenvalue weighted by Crippen LogP contribution is -2.06. The van der Waals surface area contributed by atoms with Crippen LogP contribution in [0.25, 0.3) is 11.1 Å². The molecule has 3 rings (SSSR count). The number of carbonyl (C=O) groups excluding carboxylic acids is 1. The van der Waals surface area contributed by atoms with Gasteiger partial charge in [0.2, 0.25) is 0 Å². The Labute approximate surface area is 137 Å². The number of esters is 1. The van der Waals surface area contributed by atoms with Crippen LogP contribution in [0.1, 0.15) is 32.6 Å². The maximum Gasteiger partial charge on any atom is 0.337 e. The van der Waals surface area contributed by atoms with Crippen molar-refractivity contribution in [1.29, 1.82) is 0 Å². The van der Waals surface area contributed by atoms with Gasteiger partial charge in [0.05, 0.1) is 18.2 Å². The smallest absolute Gasteiger partial charge is 0.337 e. The number of carboxylic acids is 1. The van der Waals surface area contributed by atoms with E-state index in [0.717, 1.165) is 11.1 Å². The number of benzene rings is 2. The summed E-state index contributed by atoms with van der Waals surface area (Å²) < 4.78 is 15.5. The molecule has 0 atom stereocenters.